The monoisotopic (exact) mass is 493 g/mol. The second-order valence-electron chi connectivity index (χ2n) is 8.58. The van der Waals surface area contributed by atoms with E-state index in [0.717, 1.165) is 12.1 Å². The van der Waals surface area contributed by atoms with Gasteiger partial charge in [0.05, 0.1) is 23.0 Å². The predicted octanol–water partition coefficient (Wildman–Crippen LogP) is 6.12. The van der Waals surface area contributed by atoms with Crippen molar-refractivity contribution in [3.63, 3.8) is 0 Å². The highest BCUT2D eigenvalue weighted by Gasteiger charge is 2.32. The molecule has 4 aromatic rings. The second kappa shape index (κ2) is 8.50. The van der Waals surface area contributed by atoms with Crippen molar-refractivity contribution in [3.05, 3.63) is 105 Å². The summed E-state index contributed by atoms with van der Waals surface area (Å²) in [6.45, 7) is 3.35. The maximum absolute atomic E-state index is 13.9. The minimum Gasteiger partial charge on any atom is -0.488 e. The molecule has 9 heteroatoms. The number of aliphatic hydroxyl groups excluding tert-OH is 1. The zero-order valence-electron chi connectivity index (χ0n) is 19.2. The van der Waals surface area contributed by atoms with Crippen molar-refractivity contribution in [2.75, 3.05) is 0 Å². The van der Waals surface area contributed by atoms with Crippen LogP contribution in [0.25, 0.3) is 11.2 Å². The Bertz CT molecular complexity index is 1600. The Hall–Kier alpha value is -4.16. The standard InChI is InChI=1S/C27H19F4N3O2/c1-14(12-32)24-20-5-3-16(9-17(20)13-36-22-11-19(28)4-6-21(22)24)26(35)25-15(2)33-23-10-18(27(29,30)31)7-8-34(23)25/h3-11,26,35H,13H2,1-2H3. The lowest BCUT2D eigenvalue weighted by Crippen LogP contribution is -2.09. The van der Waals surface area contributed by atoms with Gasteiger partial charge in [0, 0.05) is 29.0 Å². The normalized spacial score (nSPS) is 15.4. The van der Waals surface area contributed by atoms with Gasteiger partial charge in [-0.05, 0) is 60.9 Å². The molecule has 1 N–H and O–H groups in total. The Labute approximate surface area is 203 Å². The lowest BCUT2D eigenvalue weighted by Gasteiger charge is -2.16. The maximum Gasteiger partial charge on any atom is 0.416 e. The second-order valence-corrected chi connectivity index (χ2v) is 8.58. The van der Waals surface area contributed by atoms with Crippen LogP contribution in [-0.2, 0) is 12.8 Å². The van der Waals surface area contributed by atoms with E-state index in [0.29, 0.717) is 50.5 Å². The van der Waals surface area contributed by atoms with E-state index >= 15 is 0 Å². The molecule has 2 aromatic heterocycles. The molecule has 2 aromatic carbocycles. The van der Waals surface area contributed by atoms with Gasteiger partial charge >= 0.3 is 6.18 Å². The molecular weight excluding hydrogens is 474 g/mol. The van der Waals surface area contributed by atoms with E-state index in [2.05, 4.69) is 11.1 Å². The number of halogens is 4. The van der Waals surface area contributed by atoms with Crippen LogP contribution in [0.3, 0.4) is 0 Å². The van der Waals surface area contributed by atoms with E-state index in [1.807, 2.05) is 0 Å². The SMILES string of the molecule is CC(C#N)=C1c2ccc(C(O)c3c(C)nc4cc(C(F)(F)F)ccn34)cc2COc2cc(F)ccc21. The van der Waals surface area contributed by atoms with E-state index in [1.165, 1.54) is 22.7 Å². The molecule has 182 valence electrons. The van der Waals surface area contributed by atoms with Crippen molar-refractivity contribution < 1.29 is 27.4 Å². The molecule has 0 saturated carbocycles. The number of fused-ring (bicyclic) bond motifs is 3. The molecule has 1 aliphatic rings. The fraction of sp³-hybridized carbons (Fsp3) is 0.185. The number of imidazole rings is 1. The summed E-state index contributed by atoms with van der Waals surface area (Å²) in [7, 11) is 0. The van der Waals surface area contributed by atoms with Gasteiger partial charge in [-0.25, -0.2) is 9.37 Å². The van der Waals surface area contributed by atoms with Crippen molar-refractivity contribution in [1.29, 1.82) is 5.26 Å². The third-order valence-corrected chi connectivity index (χ3v) is 6.29. The zero-order chi connectivity index (χ0) is 25.8. The number of aliphatic hydroxyl groups is 1. The summed E-state index contributed by atoms with van der Waals surface area (Å²) in [5.41, 5.74) is 3.41. The van der Waals surface area contributed by atoms with Gasteiger partial charge in [-0.1, -0.05) is 12.1 Å². The number of pyridine rings is 1. The first-order valence-electron chi connectivity index (χ1n) is 11.0. The Balaban J connectivity index is 1.61. The lowest BCUT2D eigenvalue weighted by molar-refractivity contribution is -0.137. The topological polar surface area (TPSA) is 70.5 Å². The van der Waals surface area contributed by atoms with Crippen LogP contribution in [0.4, 0.5) is 17.6 Å². The van der Waals surface area contributed by atoms with Crippen molar-refractivity contribution in [2.45, 2.75) is 32.7 Å². The van der Waals surface area contributed by atoms with Crippen LogP contribution >= 0.6 is 0 Å². The number of nitriles is 1. The number of benzene rings is 2. The van der Waals surface area contributed by atoms with Gasteiger partial charge in [0.15, 0.2) is 0 Å². The largest absolute Gasteiger partial charge is 0.488 e. The molecule has 5 rings (SSSR count). The molecule has 5 nitrogen and oxygen atoms in total. The lowest BCUT2D eigenvalue weighted by atomic mass is 9.89. The Morgan fingerprint density at radius 3 is 2.61 bits per heavy atom. The van der Waals surface area contributed by atoms with Gasteiger partial charge < -0.3 is 14.2 Å². The number of ether oxygens (including phenoxy) is 1. The van der Waals surface area contributed by atoms with Crippen molar-refractivity contribution in [1.82, 2.24) is 9.38 Å². The summed E-state index contributed by atoms with van der Waals surface area (Å²) in [5, 5.41) is 20.9. The van der Waals surface area contributed by atoms with E-state index in [-0.39, 0.29) is 12.3 Å². The number of hydrogen-bond donors (Lipinski definition) is 1. The van der Waals surface area contributed by atoms with E-state index in [9.17, 15) is 27.9 Å². The molecule has 3 heterocycles. The summed E-state index contributed by atoms with van der Waals surface area (Å²) in [6, 6.07) is 13.3. The molecule has 0 bridgehead atoms. The summed E-state index contributed by atoms with van der Waals surface area (Å²) < 4.78 is 60.6. The van der Waals surface area contributed by atoms with Gasteiger partial charge in [-0.2, -0.15) is 18.4 Å². The van der Waals surface area contributed by atoms with E-state index in [1.54, 1.807) is 38.1 Å². The molecule has 0 fully saturated rings. The van der Waals surface area contributed by atoms with E-state index in [4.69, 9.17) is 4.74 Å². The zero-order valence-corrected chi connectivity index (χ0v) is 19.2. The Morgan fingerprint density at radius 2 is 1.89 bits per heavy atom. The number of hydrogen-bond acceptors (Lipinski definition) is 4. The first kappa shape index (κ1) is 23.6. The molecule has 0 radical (unpaired) electrons. The number of aryl methyl sites for hydroxylation is 1. The molecule has 0 aliphatic carbocycles. The van der Waals surface area contributed by atoms with Crippen LogP contribution in [-0.4, -0.2) is 14.5 Å². The van der Waals surface area contributed by atoms with Crippen molar-refractivity contribution in [3.8, 4) is 11.8 Å². The number of allylic oxidation sites excluding steroid dienone is 1. The highest BCUT2D eigenvalue weighted by atomic mass is 19.4. The summed E-state index contributed by atoms with van der Waals surface area (Å²) in [6.07, 6.45) is -4.47. The molecular formula is C27H19F4N3O2. The quantitative estimate of drug-likeness (QED) is 0.270. The average Bonchev–Trinajstić information content (AvgIpc) is 3.08. The number of nitrogens with zero attached hydrogens (tertiary/aromatic N) is 3. The average molecular weight is 493 g/mol. The number of rotatable bonds is 2. The fourth-order valence-corrected chi connectivity index (χ4v) is 4.57. The summed E-state index contributed by atoms with van der Waals surface area (Å²) in [5.74, 6) is -0.169. The van der Waals surface area contributed by atoms with Crippen LogP contribution in [0.5, 0.6) is 5.75 Å². The van der Waals surface area contributed by atoms with Crippen LogP contribution in [0.15, 0.2) is 60.3 Å². The first-order valence-corrected chi connectivity index (χ1v) is 11.0. The van der Waals surface area contributed by atoms with Crippen LogP contribution in [0, 0.1) is 24.1 Å². The van der Waals surface area contributed by atoms with Crippen LogP contribution in [0.2, 0.25) is 0 Å². The van der Waals surface area contributed by atoms with Gasteiger partial charge in [0.1, 0.15) is 29.9 Å². The Morgan fingerprint density at radius 1 is 1.14 bits per heavy atom. The fourth-order valence-electron chi connectivity index (χ4n) is 4.57. The van der Waals surface area contributed by atoms with Gasteiger partial charge in [0.25, 0.3) is 0 Å². The Kier molecular flexibility index (Phi) is 5.57. The van der Waals surface area contributed by atoms with Crippen LogP contribution in [0.1, 0.15) is 52.2 Å². The third-order valence-electron chi connectivity index (χ3n) is 6.29. The summed E-state index contributed by atoms with van der Waals surface area (Å²) in [4.78, 5) is 4.22. The smallest absolute Gasteiger partial charge is 0.416 e. The maximum atomic E-state index is 13.9. The summed E-state index contributed by atoms with van der Waals surface area (Å²) >= 11 is 0. The van der Waals surface area contributed by atoms with Gasteiger partial charge in [-0.3, -0.25) is 0 Å². The van der Waals surface area contributed by atoms with Gasteiger partial charge in [0.2, 0.25) is 0 Å². The number of aromatic nitrogens is 2. The van der Waals surface area contributed by atoms with Crippen molar-refractivity contribution in [2.24, 2.45) is 0 Å². The molecule has 0 amide bonds. The van der Waals surface area contributed by atoms with Crippen LogP contribution < -0.4 is 4.74 Å². The molecule has 36 heavy (non-hydrogen) atoms. The molecule has 1 aliphatic heterocycles. The third kappa shape index (κ3) is 3.89. The van der Waals surface area contributed by atoms with Gasteiger partial charge in [-0.15, -0.1) is 0 Å². The molecule has 0 spiro atoms. The molecule has 0 saturated heterocycles. The molecule has 1 atom stereocenters. The van der Waals surface area contributed by atoms with E-state index < -0.39 is 23.7 Å². The van der Waals surface area contributed by atoms with Crippen molar-refractivity contribution >= 4 is 11.2 Å². The molecule has 1 unspecified atom stereocenters. The minimum absolute atomic E-state index is 0.0651. The predicted molar refractivity (Wildman–Crippen MR) is 123 cm³/mol. The highest BCUT2D eigenvalue weighted by molar-refractivity contribution is 5.88. The first-order chi connectivity index (χ1) is 17.1. The minimum atomic E-state index is -4.51. The number of alkyl halides is 3. The highest BCUT2D eigenvalue weighted by Crippen LogP contribution is 2.40.